The SMILES string of the molecule is CC(C)(C)OC(=O)C[Si]1(CCl)CCCCC1. The number of rotatable bonds is 3. The molecule has 1 fully saturated rings. The zero-order valence-electron chi connectivity index (χ0n) is 10.6. The lowest BCUT2D eigenvalue weighted by atomic mass is 10.2. The Bertz CT molecular complexity index is 242. The molecule has 0 spiro atoms. The van der Waals surface area contributed by atoms with Gasteiger partial charge >= 0.3 is 5.97 Å². The fourth-order valence-electron chi connectivity index (χ4n) is 2.34. The van der Waals surface area contributed by atoms with E-state index >= 15 is 0 Å². The maximum Gasteiger partial charge on any atom is 0.303 e. The molecule has 0 aliphatic carbocycles. The first-order valence-electron chi connectivity index (χ1n) is 6.15. The molecule has 0 aromatic heterocycles. The van der Waals surface area contributed by atoms with Crippen LogP contribution < -0.4 is 0 Å². The molecule has 4 heteroatoms. The van der Waals surface area contributed by atoms with Crippen molar-refractivity contribution < 1.29 is 9.53 Å². The quantitative estimate of drug-likeness (QED) is 0.440. The summed E-state index contributed by atoms with van der Waals surface area (Å²) < 4.78 is 5.40. The van der Waals surface area contributed by atoms with Crippen molar-refractivity contribution in [2.24, 2.45) is 0 Å². The van der Waals surface area contributed by atoms with Gasteiger partial charge in [0.25, 0.3) is 0 Å². The zero-order valence-corrected chi connectivity index (χ0v) is 12.4. The van der Waals surface area contributed by atoms with Crippen molar-refractivity contribution in [3.05, 3.63) is 0 Å². The average Bonchev–Trinajstić information content (AvgIpc) is 2.16. The Labute approximate surface area is 105 Å². The van der Waals surface area contributed by atoms with Gasteiger partial charge in [-0.15, -0.1) is 11.6 Å². The Hall–Kier alpha value is -0.0231. The highest BCUT2D eigenvalue weighted by molar-refractivity contribution is 6.87. The molecule has 1 aliphatic rings. The molecule has 0 aromatic rings. The summed E-state index contributed by atoms with van der Waals surface area (Å²) in [4.78, 5) is 11.8. The molecule has 94 valence electrons. The number of carbonyl (C=O) groups excluding carboxylic acids is 1. The van der Waals surface area contributed by atoms with E-state index in [1.165, 1.54) is 31.4 Å². The van der Waals surface area contributed by atoms with E-state index in [1.807, 2.05) is 20.8 Å². The van der Waals surface area contributed by atoms with Crippen LogP contribution >= 0.6 is 11.6 Å². The third-order valence-electron chi connectivity index (χ3n) is 3.14. The van der Waals surface area contributed by atoms with E-state index in [9.17, 15) is 4.79 Å². The lowest BCUT2D eigenvalue weighted by Crippen LogP contribution is -2.42. The summed E-state index contributed by atoms with van der Waals surface area (Å²) in [7, 11) is -1.53. The van der Waals surface area contributed by atoms with Gasteiger partial charge in [-0.1, -0.05) is 31.4 Å². The Morgan fingerprint density at radius 3 is 2.25 bits per heavy atom. The van der Waals surface area contributed by atoms with Gasteiger partial charge in [0.05, 0.1) is 8.07 Å². The monoisotopic (exact) mass is 262 g/mol. The Kier molecular flexibility index (Phi) is 4.86. The molecule has 0 aromatic carbocycles. The maximum atomic E-state index is 11.8. The fraction of sp³-hybridized carbons (Fsp3) is 0.917. The first-order valence-corrected chi connectivity index (χ1v) is 9.51. The van der Waals surface area contributed by atoms with E-state index in [0.29, 0.717) is 11.5 Å². The number of esters is 1. The second-order valence-electron chi connectivity index (χ2n) is 5.96. The first-order chi connectivity index (χ1) is 7.37. The summed E-state index contributed by atoms with van der Waals surface area (Å²) in [5, 5.41) is 0. The minimum atomic E-state index is -1.53. The molecule has 0 amide bonds. The molecule has 1 saturated heterocycles. The van der Waals surface area contributed by atoms with Crippen molar-refractivity contribution >= 4 is 25.6 Å². The second-order valence-corrected chi connectivity index (χ2v) is 11.4. The molecule has 2 nitrogen and oxygen atoms in total. The van der Waals surface area contributed by atoms with E-state index in [2.05, 4.69) is 0 Å². The zero-order chi connectivity index (χ0) is 12.2. The number of hydrogen-bond donors (Lipinski definition) is 0. The van der Waals surface area contributed by atoms with Gasteiger partial charge in [-0.25, -0.2) is 0 Å². The molecule has 0 saturated carbocycles. The maximum absolute atomic E-state index is 11.8. The Morgan fingerprint density at radius 1 is 1.25 bits per heavy atom. The van der Waals surface area contributed by atoms with Gasteiger partial charge in [0, 0.05) is 11.5 Å². The predicted octanol–water partition coefficient (Wildman–Crippen LogP) is 3.74. The molecular formula is C12H23ClO2Si. The van der Waals surface area contributed by atoms with Crippen molar-refractivity contribution in [1.29, 1.82) is 0 Å². The van der Waals surface area contributed by atoms with Gasteiger partial charge < -0.3 is 4.74 Å². The number of ether oxygens (including phenoxy) is 1. The van der Waals surface area contributed by atoms with E-state index in [-0.39, 0.29) is 11.6 Å². The van der Waals surface area contributed by atoms with Crippen LogP contribution in [0.1, 0.15) is 40.0 Å². The topological polar surface area (TPSA) is 26.3 Å². The van der Waals surface area contributed by atoms with Crippen molar-refractivity contribution in [1.82, 2.24) is 0 Å². The molecule has 0 atom stereocenters. The van der Waals surface area contributed by atoms with Crippen LogP contribution in [0.5, 0.6) is 0 Å². The predicted molar refractivity (Wildman–Crippen MR) is 70.6 cm³/mol. The van der Waals surface area contributed by atoms with Crippen LogP contribution in [-0.4, -0.2) is 25.1 Å². The van der Waals surface area contributed by atoms with Gasteiger partial charge in [-0.3, -0.25) is 4.79 Å². The molecule has 16 heavy (non-hydrogen) atoms. The second kappa shape index (κ2) is 5.54. The van der Waals surface area contributed by atoms with Crippen LogP contribution in [-0.2, 0) is 9.53 Å². The van der Waals surface area contributed by atoms with Crippen molar-refractivity contribution in [3.8, 4) is 0 Å². The number of alkyl halides is 1. The third-order valence-corrected chi connectivity index (χ3v) is 9.27. The largest absolute Gasteiger partial charge is 0.460 e. The van der Waals surface area contributed by atoms with E-state index < -0.39 is 8.07 Å². The first kappa shape index (κ1) is 14.0. The van der Waals surface area contributed by atoms with Crippen LogP contribution in [0.3, 0.4) is 0 Å². The highest BCUT2D eigenvalue weighted by Gasteiger charge is 2.37. The van der Waals surface area contributed by atoms with Gasteiger partial charge in [0.2, 0.25) is 0 Å². The molecule has 0 N–H and O–H groups in total. The molecule has 1 aliphatic heterocycles. The average molecular weight is 263 g/mol. The van der Waals surface area contributed by atoms with Gasteiger partial charge in [0.15, 0.2) is 0 Å². The standard InChI is InChI=1S/C12H23ClO2Si/c1-12(2,3)15-11(14)9-16(10-13)7-5-4-6-8-16/h4-10H2,1-3H3. The summed E-state index contributed by atoms with van der Waals surface area (Å²) in [5.74, 6) is -0.0401. The highest BCUT2D eigenvalue weighted by Crippen LogP contribution is 2.33. The van der Waals surface area contributed by atoms with Crippen LogP contribution in [0.15, 0.2) is 0 Å². The summed E-state index contributed by atoms with van der Waals surface area (Å²) in [6.07, 6.45) is 3.81. The lowest BCUT2D eigenvalue weighted by Gasteiger charge is -2.33. The molecule has 0 radical (unpaired) electrons. The van der Waals surface area contributed by atoms with E-state index in [1.54, 1.807) is 0 Å². The van der Waals surface area contributed by atoms with E-state index in [4.69, 9.17) is 16.3 Å². The van der Waals surface area contributed by atoms with Crippen molar-refractivity contribution in [2.45, 2.75) is 63.8 Å². The summed E-state index contributed by atoms with van der Waals surface area (Å²) in [6.45, 7) is 5.75. The van der Waals surface area contributed by atoms with Gasteiger partial charge in [0.1, 0.15) is 5.60 Å². The smallest absolute Gasteiger partial charge is 0.303 e. The highest BCUT2D eigenvalue weighted by atomic mass is 35.5. The van der Waals surface area contributed by atoms with Gasteiger partial charge in [-0.2, -0.15) is 0 Å². The Morgan fingerprint density at radius 2 is 1.81 bits per heavy atom. The van der Waals surface area contributed by atoms with Crippen molar-refractivity contribution in [2.75, 3.05) is 5.50 Å². The molecular weight excluding hydrogens is 240 g/mol. The van der Waals surface area contributed by atoms with Gasteiger partial charge in [-0.05, 0) is 20.8 Å². The molecule has 0 bridgehead atoms. The van der Waals surface area contributed by atoms with E-state index in [0.717, 1.165) is 0 Å². The Balaban J connectivity index is 2.52. The summed E-state index contributed by atoms with van der Waals surface area (Å²) >= 11 is 6.11. The minimum absolute atomic E-state index is 0.0401. The number of hydrogen-bond acceptors (Lipinski definition) is 2. The van der Waals surface area contributed by atoms with Crippen LogP contribution in [0.4, 0.5) is 0 Å². The summed E-state index contributed by atoms with van der Waals surface area (Å²) in [5.41, 5.74) is 0.347. The third kappa shape index (κ3) is 4.46. The molecule has 1 heterocycles. The number of halogens is 1. The summed E-state index contributed by atoms with van der Waals surface area (Å²) in [6, 6.07) is 3.03. The minimum Gasteiger partial charge on any atom is -0.460 e. The van der Waals surface area contributed by atoms with Crippen LogP contribution in [0.25, 0.3) is 0 Å². The van der Waals surface area contributed by atoms with Crippen molar-refractivity contribution in [3.63, 3.8) is 0 Å². The van der Waals surface area contributed by atoms with Crippen LogP contribution in [0.2, 0.25) is 18.1 Å². The fourth-order valence-corrected chi connectivity index (χ4v) is 7.08. The van der Waals surface area contributed by atoms with Crippen LogP contribution in [0, 0.1) is 0 Å². The molecule has 1 rings (SSSR count). The number of carbonyl (C=O) groups is 1. The molecule has 0 unspecified atom stereocenters. The lowest BCUT2D eigenvalue weighted by molar-refractivity contribution is -0.152. The normalized spacial score (nSPS) is 20.5.